The van der Waals surface area contributed by atoms with Crippen molar-refractivity contribution in [2.75, 3.05) is 0 Å². The predicted molar refractivity (Wildman–Crippen MR) is 53.7 cm³/mol. The van der Waals surface area contributed by atoms with Gasteiger partial charge in [-0.25, -0.2) is 0 Å². The van der Waals surface area contributed by atoms with Crippen LogP contribution in [-0.2, 0) is 9.59 Å². The second kappa shape index (κ2) is 3.26. The molecular formula is C8H9Cl3O3. The summed E-state index contributed by atoms with van der Waals surface area (Å²) in [5.41, 5.74) is -0.618. The van der Waals surface area contributed by atoms with Crippen LogP contribution in [0.3, 0.4) is 0 Å². The third-order valence-corrected chi connectivity index (χ3v) is 3.21. The average Bonchev–Trinajstić information content (AvgIpc) is 2.49. The molecule has 0 spiro atoms. The molecule has 80 valence electrons. The fourth-order valence-corrected chi connectivity index (χ4v) is 2.12. The van der Waals surface area contributed by atoms with Crippen molar-refractivity contribution >= 4 is 46.6 Å². The fourth-order valence-electron chi connectivity index (χ4n) is 1.76. The summed E-state index contributed by atoms with van der Waals surface area (Å²) < 4.78 is -2.02. The first-order valence-electron chi connectivity index (χ1n) is 3.94. The van der Waals surface area contributed by atoms with Gasteiger partial charge in [-0.1, -0.05) is 48.7 Å². The minimum Gasteiger partial charge on any atom is -0.481 e. The van der Waals surface area contributed by atoms with Gasteiger partial charge in [0.1, 0.15) is 0 Å². The van der Waals surface area contributed by atoms with Crippen LogP contribution in [0.25, 0.3) is 0 Å². The highest BCUT2D eigenvalue weighted by Crippen LogP contribution is 2.61. The molecule has 0 radical (unpaired) electrons. The van der Waals surface area contributed by atoms with E-state index in [-0.39, 0.29) is 0 Å². The molecule has 14 heavy (non-hydrogen) atoms. The Kier molecular flexibility index (Phi) is 2.81. The van der Waals surface area contributed by atoms with Crippen molar-refractivity contribution in [1.29, 1.82) is 0 Å². The first-order valence-corrected chi connectivity index (χ1v) is 5.07. The van der Waals surface area contributed by atoms with Crippen LogP contribution >= 0.6 is 34.8 Å². The number of rotatable bonds is 2. The number of carbonyl (C=O) groups excluding carboxylic acids is 1. The number of carboxylic acid groups (broad SMARTS) is 1. The highest BCUT2D eigenvalue weighted by Gasteiger charge is 2.68. The van der Waals surface area contributed by atoms with Crippen molar-refractivity contribution in [2.45, 2.75) is 17.6 Å². The van der Waals surface area contributed by atoms with Gasteiger partial charge in [-0.05, 0) is 5.41 Å². The van der Waals surface area contributed by atoms with Crippen LogP contribution in [0.5, 0.6) is 0 Å². The van der Waals surface area contributed by atoms with Gasteiger partial charge in [0, 0.05) is 5.92 Å². The van der Waals surface area contributed by atoms with Gasteiger partial charge in [0.15, 0.2) is 5.78 Å². The molecule has 2 atom stereocenters. The fraction of sp³-hybridized carbons (Fsp3) is 0.750. The molecule has 3 nitrogen and oxygen atoms in total. The van der Waals surface area contributed by atoms with Crippen LogP contribution < -0.4 is 0 Å². The normalized spacial score (nSPS) is 29.8. The van der Waals surface area contributed by atoms with Gasteiger partial charge in [-0.15, -0.1) is 0 Å². The molecule has 1 fully saturated rings. The van der Waals surface area contributed by atoms with Crippen molar-refractivity contribution in [3.05, 3.63) is 0 Å². The first kappa shape index (κ1) is 12.1. The van der Waals surface area contributed by atoms with Gasteiger partial charge in [-0.2, -0.15) is 0 Å². The minimum absolute atomic E-state index is 0.618. The van der Waals surface area contributed by atoms with Crippen molar-refractivity contribution in [3.63, 3.8) is 0 Å². The van der Waals surface area contributed by atoms with E-state index in [2.05, 4.69) is 0 Å². The van der Waals surface area contributed by atoms with Crippen LogP contribution in [0.2, 0.25) is 0 Å². The Morgan fingerprint density at radius 2 is 1.64 bits per heavy atom. The third kappa shape index (κ3) is 1.86. The molecule has 1 aliphatic carbocycles. The third-order valence-electron chi connectivity index (χ3n) is 2.66. The molecule has 0 aliphatic heterocycles. The maximum Gasteiger partial charge on any atom is 0.307 e. The number of carbonyl (C=O) groups is 2. The zero-order chi connectivity index (χ0) is 11.3. The molecule has 1 rings (SSSR count). The zero-order valence-electron chi connectivity index (χ0n) is 7.55. The van der Waals surface area contributed by atoms with Crippen LogP contribution in [0.1, 0.15) is 13.8 Å². The topological polar surface area (TPSA) is 54.4 Å². The zero-order valence-corrected chi connectivity index (χ0v) is 9.82. The monoisotopic (exact) mass is 258 g/mol. The Balaban J connectivity index is 2.85. The number of hydrogen-bond acceptors (Lipinski definition) is 2. The lowest BCUT2D eigenvalue weighted by Crippen LogP contribution is -2.23. The van der Waals surface area contributed by atoms with E-state index in [1.807, 2.05) is 0 Å². The molecular weight excluding hydrogens is 250 g/mol. The maximum atomic E-state index is 11.5. The van der Waals surface area contributed by atoms with E-state index in [1.54, 1.807) is 13.8 Å². The smallest absolute Gasteiger partial charge is 0.307 e. The Hall–Kier alpha value is 0.01000. The SMILES string of the molecule is CC1(C)[C@H](C(=O)O)[C@@H]1C(=O)C(Cl)(Cl)Cl. The summed E-state index contributed by atoms with van der Waals surface area (Å²) in [4.78, 5) is 22.2. The second-order valence-corrected chi connectivity index (χ2v) is 6.26. The summed E-state index contributed by atoms with van der Waals surface area (Å²) in [5.74, 6) is -3.11. The number of Topliss-reactive ketones (excluding diaryl/α,β-unsaturated/α-hetero) is 1. The first-order chi connectivity index (χ1) is 6.10. The van der Waals surface area contributed by atoms with Crippen LogP contribution in [0, 0.1) is 17.3 Å². The van der Waals surface area contributed by atoms with Gasteiger partial charge in [0.25, 0.3) is 0 Å². The van der Waals surface area contributed by atoms with Crippen molar-refractivity contribution in [3.8, 4) is 0 Å². The molecule has 0 aromatic rings. The van der Waals surface area contributed by atoms with Gasteiger partial charge < -0.3 is 5.11 Å². The molecule has 0 bridgehead atoms. The van der Waals surface area contributed by atoms with E-state index in [1.165, 1.54) is 0 Å². The van der Waals surface area contributed by atoms with E-state index in [4.69, 9.17) is 39.9 Å². The minimum atomic E-state index is -2.02. The summed E-state index contributed by atoms with van der Waals surface area (Å²) in [6.45, 7) is 3.34. The largest absolute Gasteiger partial charge is 0.481 e. The lowest BCUT2D eigenvalue weighted by Gasteiger charge is -2.09. The quantitative estimate of drug-likeness (QED) is 0.774. The number of carboxylic acids is 1. The van der Waals surface area contributed by atoms with E-state index >= 15 is 0 Å². The van der Waals surface area contributed by atoms with Gasteiger partial charge in [-0.3, -0.25) is 9.59 Å². The van der Waals surface area contributed by atoms with Crippen molar-refractivity contribution < 1.29 is 14.7 Å². The Morgan fingerprint density at radius 3 is 1.86 bits per heavy atom. The molecule has 0 aromatic heterocycles. The number of alkyl halides is 3. The number of hydrogen-bond donors (Lipinski definition) is 1. The number of halogens is 3. The van der Waals surface area contributed by atoms with E-state index in [9.17, 15) is 9.59 Å². The molecule has 1 aliphatic rings. The van der Waals surface area contributed by atoms with E-state index < -0.39 is 32.8 Å². The van der Waals surface area contributed by atoms with Crippen LogP contribution in [-0.4, -0.2) is 20.7 Å². The van der Waals surface area contributed by atoms with Gasteiger partial charge in [0.2, 0.25) is 3.79 Å². The van der Waals surface area contributed by atoms with Gasteiger partial charge in [0.05, 0.1) is 5.92 Å². The van der Waals surface area contributed by atoms with Crippen molar-refractivity contribution in [2.24, 2.45) is 17.3 Å². The highest BCUT2D eigenvalue weighted by molar-refractivity contribution is 6.76. The number of ketones is 1. The summed E-state index contributed by atoms with van der Waals surface area (Å²) in [7, 11) is 0. The molecule has 1 saturated carbocycles. The lowest BCUT2D eigenvalue weighted by molar-refractivity contribution is -0.140. The average molecular weight is 260 g/mol. The summed E-state index contributed by atoms with van der Waals surface area (Å²) in [6, 6.07) is 0. The van der Waals surface area contributed by atoms with Gasteiger partial charge >= 0.3 is 5.97 Å². The summed E-state index contributed by atoms with van der Waals surface area (Å²) >= 11 is 16.2. The van der Waals surface area contributed by atoms with Crippen LogP contribution in [0.15, 0.2) is 0 Å². The predicted octanol–water partition coefficient (Wildman–Crippen LogP) is 2.28. The molecule has 0 aromatic carbocycles. The van der Waals surface area contributed by atoms with E-state index in [0.29, 0.717) is 0 Å². The maximum absolute atomic E-state index is 11.5. The molecule has 6 heteroatoms. The lowest BCUT2D eigenvalue weighted by atomic mass is 10.1. The Morgan fingerprint density at radius 1 is 1.21 bits per heavy atom. The molecule has 0 saturated heterocycles. The number of aliphatic carboxylic acids is 1. The van der Waals surface area contributed by atoms with Crippen LogP contribution in [0.4, 0.5) is 0 Å². The summed E-state index contributed by atoms with van der Waals surface area (Å²) in [6.07, 6.45) is 0. The summed E-state index contributed by atoms with van der Waals surface area (Å²) in [5, 5.41) is 8.79. The van der Waals surface area contributed by atoms with E-state index in [0.717, 1.165) is 0 Å². The highest BCUT2D eigenvalue weighted by atomic mass is 35.6. The Labute approximate surface area is 96.3 Å². The standard InChI is InChI=1S/C8H9Cl3O3/c1-7(2)3(4(7)6(13)14)5(12)8(9,10)11/h3-4H,1-2H3,(H,13,14)/t3-,4+/m1/s1. The molecule has 0 amide bonds. The second-order valence-electron chi connectivity index (χ2n) is 3.98. The molecule has 1 N–H and O–H groups in total. The van der Waals surface area contributed by atoms with Crippen molar-refractivity contribution in [1.82, 2.24) is 0 Å². The molecule has 0 unspecified atom stereocenters. The Bertz CT molecular complexity index is 293. The molecule has 0 heterocycles.